The summed E-state index contributed by atoms with van der Waals surface area (Å²) in [7, 11) is 0. The third-order valence-corrected chi connectivity index (χ3v) is 8.60. The topological polar surface area (TPSA) is 64.6 Å². The maximum absolute atomic E-state index is 12.9. The monoisotopic (exact) mass is 468 g/mol. The highest BCUT2D eigenvalue weighted by atomic mass is 16.2. The number of anilines is 2. The Morgan fingerprint density at radius 1 is 0.824 bits per heavy atom. The Bertz CT molecular complexity index is 781. The van der Waals surface area contributed by atoms with Gasteiger partial charge in [-0.05, 0) is 64.0 Å². The average molecular weight is 469 g/mol. The Balaban J connectivity index is 1.11. The van der Waals surface area contributed by atoms with E-state index in [2.05, 4.69) is 31.1 Å². The lowest BCUT2D eigenvalue weighted by Gasteiger charge is -2.43. The predicted octanol–water partition coefficient (Wildman–Crippen LogP) is 4.30. The highest BCUT2D eigenvalue weighted by Gasteiger charge is 2.33. The molecule has 1 aromatic heterocycles. The number of likely N-dealkylation sites (tertiary alicyclic amines) is 2. The molecule has 7 nitrogen and oxygen atoms in total. The first kappa shape index (κ1) is 23.8. The maximum Gasteiger partial charge on any atom is 0.225 e. The zero-order chi connectivity index (χ0) is 23.2. The molecular weight excluding hydrogens is 424 g/mol. The van der Waals surface area contributed by atoms with Crippen molar-refractivity contribution in [3.05, 3.63) is 12.3 Å². The number of hydrogen-bond acceptors (Lipinski definition) is 6. The fourth-order valence-electron chi connectivity index (χ4n) is 6.59. The molecule has 5 rings (SSSR count). The van der Waals surface area contributed by atoms with Gasteiger partial charge in [0.1, 0.15) is 5.82 Å². The molecule has 7 heteroatoms. The summed E-state index contributed by atoms with van der Waals surface area (Å²) in [6, 6.07) is 3.06. The molecule has 1 N–H and O–H groups in total. The highest BCUT2D eigenvalue weighted by Crippen LogP contribution is 2.28. The van der Waals surface area contributed by atoms with Crippen LogP contribution in [0.15, 0.2) is 12.3 Å². The Morgan fingerprint density at radius 3 is 2.32 bits per heavy atom. The second-order valence-corrected chi connectivity index (χ2v) is 11.0. The van der Waals surface area contributed by atoms with Gasteiger partial charge in [0.25, 0.3) is 0 Å². The van der Waals surface area contributed by atoms with E-state index in [1.54, 1.807) is 0 Å². The van der Waals surface area contributed by atoms with E-state index in [4.69, 9.17) is 4.98 Å². The van der Waals surface area contributed by atoms with Crippen molar-refractivity contribution in [1.29, 1.82) is 0 Å². The Kier molecular flexibility index (Phi) is 8.20. The van der Waals surface area contributed by atoms with Crippen molar-refractivity contribution in [3.8, 4) is 0 Å². The van der Waals surface area contributed by atoms with E-state index in [9.17, 15) is 4.79 Å². The van der Waals surface area contributed by atoms with Gasteiger partial charge >= 0.3 is 0 Å². The van der Waals surface area contributed by atoms with Crippen LogP contribution in [0.5, 0.6) is 0 Å². The van der Waals surface area contributed by atoms with Gasteiger partial charge in [-0.2, -0.15) is 4.98 Å². The van der Waals surface area contributed by atoms with Crippen molar-refractivity contribution in [2.75, 3.05) is 49.5 Å². The van der Waals surface area contributed by atoms with Crippen molar-refractivity contribution in [2.45, 2.75) is 95.6 Å². The number of nitrogens with zero attached hydrogens (tertiary/aromatic N) is 5. The number of carbonyl (C=O) groups excluding carboxylic acids is 1. The summed E-state index contributed by atoms with van der Waals surface area (Å²) in [4.78, 5) is 29.6. The van der Waals surface area contributed by atoms with Crippen LogP contribution in [-0.2, 0) is 4.79 Å². The van der Waals surface area contributed by atoms with E-state index in [0.29, 0.717) is 23.9 Å². The zero-order valence-corrected chi connectivity index (χ0v) is 21.0. The van der Waals surface area contributed by atoms with Gasteiger partial charge in [0, 0.05) is 56.9 Å². The smallest absolute Gasteiger partial charge is 0.225 e. The molecule has 4 heterocycles. The van der Waals surface area contributed by atoms with Crippen LogP contribution in [0.3, 0.4) is 0 Å². The fraction of sp³-hybridized carbons (Fsp3) is 0.815. The minimum atomic E-state index is 0.305. The summed E-state index contributed by atoms with van der Waals surface area (Å²) < 4.78 is 0. The Labute approximate surface area is 205 Å². The van der Waals surface area contributed by atoms with E-state index in [0.717, 1.165) is 70.2 Å². The van der Waals surface area contributed by atoms with Gasteiger partial charge in [-0.25, -0.2) is 4.98 Å². The quantitative estimate of drug-likeness (QED) is 0.695. The largest absolute Gasteiger partial charge is 0.356 e. The molecule has 34 heavy (non-hydrogen) atoms. The molecule has 0 spiro atoms. The third kappa shape index (κ3) is 6.02. The molecule has 188 valence electrons. The lowest BCUT2D eigenvalue weighted by molar-refractivity contribution is -0.138. The van der Waals surface area contributed by atoms with Crippen molar-refractivity contribution >= 4 is 17.7 Å². The SMILES string of the molecule is O=C(C1CCCCC1)N1CCC(N2CCC[C@H](Nc3nccc(N4CCCCCC4)n3)C2)CC1. The van der Waals surface area contributed by atoms with Gasteiger partial charge in [0.05, 0.1) is 0 Å². The van der Waals surface area contributed by atoms with Crippen molar-refractivity contribution in [2.24, 2.45) is 5.92 Å². The fourth-order valence-corrected chi connectivity index (χ4v) is 6.59. The van der Waals surface area contributed by atoms with Crippen LogP contribution in [0.2, 0.25) is 0 Å². The molecule has 4 fully saturated rings. The first-order valence-electron chi connectivity index (χ1n) is 14.1. The van der Waals surface area contributed by atoms with Gasteiger partial charge in [-0.1, -0.05) is 32.1 Å². The lowest BCUT2D eigenvalue weighted by Crippen LogP contribution is -2.52. The minimum Gasteiger partial charge on any atom is -0.356 e. The Hall–Kier alpha value is -1.89. The first-order chi connectivity index (χ1) is 16.8. The van der Waals surface area contributed by atoms with Gasteiger partial charge in [-0.3, -0.25) is 9.69 Å². The number of aromatic nitrogens is 2. The number of piperidine rings is 2. The molecule has 0 radical (unpaired) electrons. The van der Waals surface area contributed by atoms with Gasteiger partial charge < -0.3 is 15.1 Å². The van der Waals surface area contributed by atoms with Gasteiger partial charge in [0.15, 0.2) is 0 Å². The molecule has 1 atom stereocenters. The van der Waals surface area contributed by atoms with E-state index in [1.165, 1.54) is 64.3 Å². The summed E-state index contributed by atoms with van der Waals surface area (Å²) in [6.45, 7) is 6.32. The maximum atomic E-state index is 12.9. The Morgan fingerprint density at radius 2 is 1.56 bits per heavy atom. The third-order valence-electron chi connectivity index (χ3n) is 8.60. The van der Waals surface area contributed by atoms with Gasteiger partial charge in [-0.15, -0.1) is 0 Å². The second-order valence-electron chi connectivity index (χ2n) is 11.0. The van der Waals surface area contributed by atoms with E-state index < -0.39 is 0 Å². The summed E-state index contributed by atoms with van der Waals surface area (Å²) in [5.41, 5.74) is 0. The number of carbonyl (C=O) groups is 1. The van der Waals surface area contributed by atoms with E-state index in [1.807, 2.05) is 6.20 Å². The van der Waals surface area contributed by atoms with Crippen LogP contribution in [0, 0.1) is 5.92 Å². The molecular formula is C27H44N6O. The van der Waals surface area contributed by atoms with E-state index in [-0.39, 0.29) is 0 Å². The average Bonchev–Trinajstić information content (AvgIpc) is 3.19. The molecule has 4 aliphatic rings. The van der Waals surface area contributed by atoms with Crippen molar-refractivity contribution in [1.82, 2.24) is 19.8 Å². The normalized spacial score (nSPS) is 26.3. The number of amides is 1. The molecule has 3 saturated heterocycles. The molecule has 3 aliphatic heterocycles. The summed E-state index contributed by atoms with van der Waals surface area (Å²) in [6.07, 6.45) is 17.7. The highest BCUT2D eigenvalue weighted by molar-refractivity contribution is 5.79. The van der Waals surface area contributed by atoms with Gasteiger partial charge in [0.2, 0.25) is 11.9 Å². The zero-order valence-electron chi connectivity index (χ0n) is 21.0. The van der Waals surface area contributed by atoms with E-state index >= 15 is 0 Å². The first-order valence-corrected chi connectivity index (χ1v) is 14.1. The number of nitrogens with one attached hydrogen (secondary N) is 1. The second kappa shape index (κ2) is 11.7. The molecule has 1 amide bonds. The van der Waals surface area contributed by atoms with Crippen LogP contribution in [0.1, 0.15) is 83.5 Å². The van der Waals surface area contributed by atoms with Crippen LogP contribution in [-0.4, -0.2) is 77.0 Å². The molecule has 1 aliphatic carbocycles. The molecule has 1 aromatic rings. The van der Waals surface area contributed by atoms with Crippen LogP contribution < -0.4 is 10.2 Å². The standard InChI is InChI=1S/C27H44N6O/c34-26(22-9-4-3-5-10-22)32-19-13-24(14-20-32)33-18-8-11-23(21-33)29-27-28-15-12-25(30-27)31-16-6-1-2-7-17-31/h12,15,22-24H,1-11,13-14,16-21H2,(H,28,29,30)/t23-/m0/s1. The van der Waals surface area contributed by atoms with Crippen molar-refractivity contribution in [3.63, 3.8) is 0 Å². The summed E-state index contributed by atoms with van der Waals surface area (Å²) in [5.74, 6) is 2.60. The van der Waals surface area contributed by atoms with Crippen molar-refractivity contribution < 1.29 is 4.79 Å². The van der Waals surface area contributed by atoms with Crippen LogP contribution >= 0.6 is 0 Å². The minimum absolute atomic E-state index is 0.305. The molecule has 0 aromatic carbocycles. The summed E-state index contributed by atoms with van der Waals surface area (Å²) in [5, 5.41) is 3.66. The predicted molar refractivity (Wildman–Crippen MR) is 137 cm³/mol. The number of rotatable bonds is 5. The summed E-state index contributed by atoms with van der Waals surface area (Å²) >= 11 is 0. The number of hydrogen-bond donors (Lipinski definition) is 1. The molecule has 0 bridgehead atoms. The van der Waals surface area contributed by atoms with Crippen LogP contribution in [0.25, 0.3) is 0 Å². The molecule has 0 unspecified atom stereocenters. The van der Waals surface area contributed by atoms with Crippen LogP contribution in [0.4, 0.5) is 11.8 Å². The lowest BCUT2D eigenvalue weighted by atomic mass is 9.87. The molecule has 1 saturated carbocycles.